The molecule has 6 heteroatoms. The van der Waals surface area contributed by atoms with Gasteiger partial charge in [0.05, 0.1) is 6.04 Å². The van der Waals surface area contributed by atoms with E-state index in [1.807, 2.05) is 24.4 Å². The highest BCUT2D eigenvalue weighted by atomic mass is 32.1. The molecule has 2 amide bonds. The van der Waals surface area contributed by atoms with E-state index < -0.39 is 11.5 Å². The van der Waals surface area contributed by atoms with E-state index in [2.05, 4.69) is 0 Å². The van der Waals surface area contributed by atoms with Crippen molar-refractivity contribution in [3.63, 3.8) is 0 Å². The zero-order valence-electron chi connectivity index (χ0n) is 12.7. The van der Waals surface area contributed by atoms with Gasteiger partial charge in [0.25, 0.3) is 0 Å². The van der Waals surface area contributed by atoms with Crippen LogP contribution in [-0.2, 0) is 4.79 Å². The molecule has 1 aromatic heterocycles. The molecule has 2 rings (SSSR count). The van der Waals surface area contributed by atoms with Crippen molar-refractivity contribution in [1.82, 2.24) is 9.80 Å². The number of hydrogen-bond acceptors (Lipinski definition) is 3. The largest absolute Gasteiger partial charge is 0.480 e. The summed E-state index contributed by atoms with van der Waals surface area (Å²) in [6.07, 6.45) is 2.21. The molecule has 21 heavy (non-hydrogen) atoms. The number of carbonyl (C=O) groups is 2. The van der Waals surface area contributed by atoms with Crippen LogP contribution in [0.2, 0.25) is 0 Å². The van der Waals surface area contributed by atoms with Crippen molar-refractivity contribution in [1.29, 1.82) is 0 Å². The lowest BCUT2D eigenvalue weighted by Gasteiger charge is -2.44. The van der Waals surface area contributed by atoms with Crippen LogP contribution in [0.5, 0.6) is 0 Å². The molecule has 1 aliphatic rings. The Bertz CT molecular complexity index is 517. The third-order valence-corrected chi connectivity index (χ3v) is 5.46. The van der Waals surface area contributed by atoms with Crippen LogP contribution >= 0.6 is 11.3 Å². The van der Waals surface area contributed by atoms with E-state index in [4.69, 9.17) is 0 Å². The minimum atomic E-state index is -1.10. The molecule has 0 aromatic carbocycles. The summed E-state index contributed by atoms with van der Waals surface area (Å²) in [4.78, 5) is 28.6. The summed E-state index contributed by atoms with van der Waals surface area (Å²) < 4.78 is 0. The lowest BCUT2D eigenvalue weighted by atomic mass is 9.89. The number of carboxylic acids is 1. The SMILES string of the molecule is CC(c1cccs1)N(C)C(=O)N1CCCCC1(C)C(=O)O. The first-order chi connectivity index (χ1) is 9.88. The molecular formula is C15H22N2O3S. The minimum Gasteiger partial charge on any atom is -0.480 e. The summed E-state index contributed by atoms with van der Waals surface area (Å²) in [5.74, 6) is -0.923. The van der Waals surface area contributed by atoms with Crippen molar-refractivity contribution in [2.45, 2.75) is 44.7 Å². The number of hydrogen-bond donors (Lipinski definition) is 1. The van der Waals surface area contributed by atoms with Gasteiger partial charge in [0.1, 0.15) is 5.54 Å². The average Bonchev–Trinajstić information content (AvgIpc) is 2.99. The van der Waals surface area contributed by atoms with Gasteiger partial charge in [-0.25, -0.2) is 9.59 Å². The Morgan fingerprint density at radius 1 is 1.48 bits per heavy atom. The zero-order valence-corrected chi connectivity index (χ0v) is 13.5. The van der Waals surface area contributed by atoms with Gasteiger partial charge in [0.15, 0.2) is 0 Å². The summed E-state index contributed by atoms with van der Waals surface area (Å²) in [5.41, 5.74) is -1.10. The molecule has 1 aliphatic heterocycles. The number of nitrogens with zero attached hydrogens (tertiary/aromatic N) is 2. The van der Waals surface area contributed by atoms with Crippen molar-refractivity contribution in [3.8, 4) is 0 Å². The lowest BCUT2D eigenvalue weighted by molar-refractivity contribution is -0.150. The van der Waals surface area contributed by atoms with Gasteiger partial charge < -0.3 is 14.9 Å². The van der Waals surface area contributed by atoms with E-state index in [-0.39, 0.29) is 12.1 Å². The van der Waals surface area contributed by atoms with Gasteiger partial charge >= 0.3 is 12.0 Å². The smallest absolute Gasteiger partial charge is 0.329 e. The quantitative estimate of drug-likeness (QED) is 0.932. The Morgan fingerprint density at radius 2 is 2.19 bits per heavy atom. The van der Waals surface area contributed by atoms with Crippen molar-refractivity contribution >= 4 is 23.3 Å². The van der Waals surface area contributed by atoms with Crippen molar-refractivity contribution < 1.29 is 14.7 Å². The maximum atomic E-state index is 12.7. The molecule has 1 N–H and O–H groups in total. The standard InChI is InChI=1S/C15H22N2O3S/c1-11(12-7-6-10-21-12)16(3)14(20)17-9-5-4-8-15(17,2)13(18)19/h6-7,10-11H,4-5,8-9H2,1-3H3,(H,18,19). The predicted molar refractivity (Wildman–Crippen MR) is 82.5 cm³/mol. The molecule has 1 aromatic rings. The number of likely N-dealkylation sites (tertiary alicyclic amines) is 1. The second kappa shape index (κ2) is 6.05. The van der Waals surface area contributed by atoms with E-state index in [9.17, 15) is 14.7 Å². The second-order valence-electron chi connectivity index (χ2n) is 5.77. The number of urea groups is 1. The maximum absolute atomic E-state index is 12.7. The Hall–Kier alpha value is -1.56. The normalized spacial score (nSPS) is 23.7. The molecule has 0 aliphatic carbocycles. The Balaban J connectivity index is 2.19. The Kier molecular flexibility index (Phi) is 4.56. The summed E-state index contributed by atoms with van der Waals surface area (Å²) in [6.45, 7) is 4.12. The molecule has 1 fully saturated rings. The molecule has 0 bridgehead atoms. The third-order valence-electron chi connectivity index (χ3n) is 4.42. The van der Waals surface area contributed by atoms with Crippen LogP contribution in [0.25, 0.3) is 0 Å². The number of carbonyl (C=O) groups excluding carboxylic acids is 1. The van der Waals surface area contributed by atoms with Gasteiger partial charge in [-0.15, -0.1) is 11.3 Å². The minimum absolute atomic E-state index is 0.0579. The molecular weight excluding hydrogens is 288 g/mol. The molecule has 2 heterocycles. The first-order valence-electron chi connectivity index (χ1n) is 7.19. The number of piperidine rings is 1. The van der Waals surface area contributed by atoms with Crippen molar-refractivity contribution in [2.24, 2.45) is 0 Å². The van der Waals surface area contributed by atoms with Crippen molar-refractivity contribution in [3.05, 3.63) is 22.4 Å². The van der Waals surface area contributed by atoms with Crippen LogP contribution in [0.15, 0.2) is 17.5 Å². The van der Waals surface area contributed by atoms with E-state index in [1.165, 1.54) is 4.90 Å². The lowest BCUT2D eigenvalue weighted by Crippen LogP contribution is -2.60. The summed E-state index contributed by atoms with van der Waals surface area (Å²) in [6, 6.07) is 3.68. The maximum Gasteiger partial charge on any atom is 0.329 e. The molecule has 116 valence electrons. The molecule has 5 nitrogen and oxygen atoms in total. The first kappa shape index (κ1) is 15.8. The molecule has 2 atom stereocenters. The van der Waals surface area contributed by atoms with Gasteiger partial charge in [-0.1, -0.05) is 6.07 Å². The third kappa shape index (κ3) is 2.90. The van der Waals surface area contributed by atoms with Crippen LogP contribution in [-0.4, -0.2) is 46.0 Å². The zero-order chi connectivity index (χ0) is 15.6. The predicted octanol–water partition coefficient (Wildman–Crippen LogP) is 3.19. The Morgan fingerprint density at radius 3 is 2.76 bits per heavy atom. The van der Waals surface area contributed by atoms with Crippen LogP contribution in [0.3, 0.4) is 0 Å². The average molecular weight is 310 g/mol. The fraction of sp³-hybridized carbons (Fsp3) is 0.600. The van der Waals surface area contributed by atoms with Crippen LogP contribution in [0, 0.1) is 0 Å². The van der Waals surface area contributed by atoms with E-state index in [0.29, 0.717) is 13.0 Å². The Labute approximate surface area is 129 Å². The summed E-state index contributed by atoms with van der Waals surface area (Å²) in [7, 11) is 1.74. The van der Waals surface area contributed by atoms with Gasteiger partial charge in [-0.3, -0.25) is 0 Å². The topological polar surface area (TPSA) is 60.9 Å². The number of rotatable bonds is 3. The van der Waals surface area contributed by atoms with Gasteiger partial charge in [0.2, 0.25) is 0 Å². The number of amides is 2. The first-order valence-corrected chi connectivity index (χ1v) is 8.07. The molecule has 1 saturated heterocycles. The molecule has 2 unspecified atom stereocenters. The van der Waals surface area contributed by atoms with Crippen LogP contribution in [0.1, 0.15) is 44.0 Å². The highest BCUT2D eigenvalue weighted by molar-refractivity contribution is 7.10. The van der Waals surface area contributed by atoms with Crippen LogP contribution in [0.4, 0.5) is 4.79 Å². The summed E-state index contributed by atoms with van der Waals surface area (Å²) >= 11 is 1.60. The highest BCUT2D eigenvalue weighted by Crippen LogP contribution is 2.31. The van der Waals surface area contributed by atoms with Gasteiger partial charge in [-0.05, 0) is 44.6 Å². The molecule has 0 spiro atoms. The second-order valence-corrected chi connectivity index (χ2v) is 6.75. The monoisotopic (exact) mass is 310 g/mol. The number of aliphatic carboxylic acids is 1. The van der Waals surface area contributed by atoms with Gasteiger partial charge in [0, 0.05) is 18.5 Å². The van der Waals surface area contributed by atoms with Crippen LogP contribution < -0.4 is 0 Å². The number of thiophene rings is 1. The fourth-order valence-electron chi connectivity index (χ4n) is 2.73. The van der Waals surface area contributed by atoms with Crippen molar-refractivity contribution in [2.75, 3.05) is 13.6 Å². The van der Waals surface area contributed by atoms with Gasteiger partial charge in [-0.2, -0.15) is 0 Å². The van der Waals surface area contributed by atoms with E-state index in [1.54, 1.807) is 30.2 Å². The summed E-state index contributed by atoms with van der Waals surface area (Å²) in [5, 5.41) is 11.5. The molecule has 0 saturated carbocycles. The molecule has 0 radical (unpaired) electrons. The van der Waals surface area contributed by atoms with E-state index in [0.717, 1.165) is 17.7 Å². The fourth-order valence-corrected chi connectivity index (χ4v) is 3.55. The van der Waals surface area contributed by atoms with E-state index >= 15 is 0 Å². The number of carboxylic acid groups (broad SMARTS) is 1. The highest BCUT2D eigenvalue weighted by Gasteiger charge is 2.45.